The van der Waals surface area contributed by atoms with Gasteiger partial charge in [0.25, 0.3) is 0 Å². The topological polar surface area (TPSA) is 190 Å². The number of nitrogens with one attached hydrogen (secondary N) is 5. The molecule has 3 atom stereocenters. The molecular formula is C109H234N8O13. The molecule has 4 saturated carbocycles. The van der Waals surface area contributed by atoms with Gasteiger partial charge in [0.2, 0.25) is 0 Å². The lowest BCUT2D eigenvalue weighted by molar-refractivity contribution is -0.0157. The van der Waals surface area contributed by atoms with E-state index in [4.69, 9.17) is 61.6 Å². The van der Waals surface area contributed by atoms with E-state index < -0.39 is 0 Å². The van der Waals surface area contributed by atoms with Crippen LogP contribution >= 0.6 is 0 Å². The molecule has 8 aliphatic rings. The second-order valence-electron chi connectivity index (χ2n) is 41.6. The predicted octanol–water partition coefficient (Wildman–Crippen LogP) is 23.0. The van der Waals surface area contributed by atoms with Gasteiger partial charge in [-0.25, -0.2) is 0 Å². The van der Waals surface area contributed by atoms with Crippen molar-refractivity contribution in [1.82, 2.24) is 41.3 Å². The molecule has 0 aromatic rings. The maximum absolute atomic E-state index is 5.76. The monoisotopic (exact) mass is 1860 g/mol. The standard InChI is InChI=1S/C12H24O.C10H21NO2.C10H21NO.C10H20O.C9H19NO.C9H21NO.C9H18O.2C8H17NO.2C8H19NO.C8H18O/c1-4-11-5-7-12(8-6-11)9-13-10(2)3;1-10(2)13-7-3-4-11-5-8-12-9-6-11;1-8(2)12-10-6-4-9(11-3)5-7-10;1-9(2)11-8-7-10-5-3-4-6-10;1-8(2)11-6-4-9-3-5-10-7-9;1-9(2)11-8-6-5-7-10(3)4;1-8(2)10-9-6-4-3-5-7-9;2*1-7(2)10-6-8-3-4-9-5-8;1-8(2)10-7-5-6-9(3)4;1-8(2)10-7-5-4-6-9-3;1-4-5-6-7-9-8(2)3/h10-12H,4-9H2,1-3H3;10H,3-9H2,1-2H3;8-11H,4-7H2,1-3H3;9-10H,3-8H2,1-2H3;8-10H,3-7H2,1-2H3;9H,5-8H2,1-4H3;8-9H,3-7H2,1-2H3;2*7-9H,3-6H2,1-2H3;8H,5-7H2,1-4H3;8-9H,4-7H2,1-3H3;8H,4-7H2,1-3H3/t;;;;;;;2*8-;;;/m.......10.../s1. The molecule has 21 heteroatoms. The van der Waals surface area contributed by atoms with Crippen LogP contribution in [0.5, 0.6) is 0 Å². The molecule has 0 aromatic heterocycles. The first-order valence-electron chi connectivity index (χ1n) is 54.5. The molecule has 4 aliphatic heterocycles. The van der Waals surface area contributed by atoms with Crippen molar-refractivity contribution in [2.45, 2.75) is 477 Å². The van der Waals surface area contributed by atoms with Crippen molar-refractivity contribution in [2.24, 2.45) is 35.5 Å². The zero-order valence-electron chi connectivity index (χ0n) is 92.9. The summed E-state index contributed by atoms with van der Waals surface area (Å²) >= 11 is 0. The molecule has 788 valence electrons. The van der Waals surface area contributed by atoms with Gasteiger partial charge in [-0.15, -0.1) is 0 Å². The van der Waals surface area contributed by atoms with E-state index >= 15 is 0 Å². The normalized spacial score (nSPS) is 20.7. The number of nitrogens with zero attached hydrogens (tertiary/aromatic N) is 3. The van der Waals surface area contributed by atoms with Crippen LogP contribution in [0.4, 0.5) is 0 Å². The van der Waals surface area contributed by atoms with Crippen LogP contribution in [0.3, 0.4) is 0 Å². The van der Waals surface area contributed by atoms with E-state index in [0.717, 1.165) is 179 Å². The Kier molecular flexibility index (Phi) is 102. The Bertz CT molecular complexity index is 2050. The van der Waals surface area contributed by atoms with Crippen molar-refractivity contribution in [3.8, 4) is 0 Å². The number of hydrogen-bond acceptors (Lipinski definition) is 21. The average Bonchev–Trinajstić information content (AvgIpc) is 0.926. The lowest BCUT2D eigenvalue weighted by atomic mass is 9.81. The van der Waals surface area contributed by atoms with Gasteiger partial charge in [0.05, 0.1) is 112 Å². The van der Waals surface area contributed by atoms with Gasteiger partial charge in [0.15, 0.2) is 0 Å². The summed E-state index contributed by atoms with van der Waals surface area (Å²) in [5.74, 6) is 5.24. The lowest BCUT2D eigenvalue weighted by Gasteiger charge is -2.29. The Balaban J connectivity index is -0.000000667. The largest absolute Gasteiger partial charge is 0.379 e. The fraction of sp³-hybridized carbons (Fsp3) is 1.00. The van der Waals surface area contributed by atoms with Crippen molar-refractivity contribution >= 4 is 0 Å². The van der Waals surface area contributed by atoms with Crippen molar-refractivity contribution in [1.29, 1.82) is 0 Å². The summed E-state index contributed by atoms with van der Waals surface area (Å²) in [4.78, 5) is 6.81. The molecule has 21 nitrogen and oxygen atoms in total. The highest BCUT2D eigenvalue weighted by molar-refractivity contribution is 4.78. The van der Waals surface area contributed by atoms with Crippen LogP contribution in [0, 0.1) is 35.5 Å². The molecule has 0 spiro atoms. The Hall–Kier alpha value is -0.840. The maximum atomic E-state index is 5.76. The van der Waals surface area contributed by atoms with Gasteiger partial charge in [-0.1, -0.05) is 90.9 Å². The zero-order chi connectivity index (χ0) is 98.2. The first-order valence-corrected chi connectivity index (χ1v) is 54.5. The predicted molar refractivity (Wildman–Crippen MR) is 561 cm³/mol. The first-order chi connectivity index (χ1) is 62.0. The van der Waals surface area contributed by atoms with E-state index in [0.29, 0.717) is 85.5 Å². The van der Waals surface area contributed by atoms with Crippen LogP contribution in [-0.2, 0) is 61.6 Å². The highest BCUT2D eigenvalue weighted by Crippen LogP contribution is 2.31. The number of hydrogen-bond donors (Lipinski definition) is 5. The van der Waals surface area contributed by atoms with Crippen LogP contribution in [-0.4, -0.2) is 306 Å². The fourth-order valence-corrected chi connectivity index (χ4v) is 15.5. The molecule has 4 aliphatic carbocycles. The highest BCUT2D eigenvalue weighted by Gasteiger charge is 2.24. The molecule has 8 fully saturated rings. The van der Waals surface area contributed by atoms with Crippen molar-refractivity contribution < 1.29 is 61.6 Å². The first kappa shape index (κ1) is 135. The highest BCUT2D eigenvalue weighted by atomic mass is 16.5. The van der Waals surface area contributed by atoms with Gasteiger partial charge in [-0.2, -0.15) is 0 Å². The van der Waals surface area contributed by atoms with Crippen molar-refractivity contribution in [2.75, 3.05) is 200 Å². The van der Waals surface area contributed by atoms with Crippen LogP contribution in [0.25, 0.3) is 0 Å². The van der Waals surface area contributed by atoms with Gasteiger partial charge in [-0.05, 0) is 418 Å². The summed E-state index contributed by atoms with van der Waals surface area (Å²) in [5, 5.41) is 16.4. The van der Waals surface area contributed by atoms with Gasteiger partial charge < -0.3 is 98.0 Å². The minimum Gasteiger partial charge on any atom is -0.379 e. The van der Waals surface area contributed by atoms with E-state index in [2.05, 4.69) is 249 Å². The number of morpholine rings is 1. The van der Waals surface area contributed by atoms with Crippen molar-refractivity contribution in [3.63, 3.8) is 0 Å². The number of ether oxygens (including phenoxy) is 13. The number of unbranched alkanes of at least 4 members (excludes halogenated alkanes) is 4. The van der Waals surface area contributed by atoms with E-state index in [1.54, 1.807) is 0 Å². The molecule has 130 heavy (non-hydrogen) atoms. The Morgan fingerprint density at radius 3 is 1.04 bits per heavy atom. The lowest BCUT2D eigenvalue weighted by Crippen LogP contribution is -2.37. The van der Waals surface area contributed by atoms with Gasteiger partial charge in [-0.3, -0.25) is 4.90 Å². The summed E-state index contributed by atoms with van der Waals surface area (Å²) in [6.45, 7) is 79.5. The molecule has 1 unspecified atom stereocenters. The van der Waals surface area contributed by atoms with Crippen LogP contribution in [0.2, 0.25) is 0 Å². The summed E-state index contributed by atoms with van der Waals surface area (Å²) in [6.07, 6.45) is 47.6. The summed E-state index contributed by atoms with van der Waals surface area (Å²) in [6, 6.07) is 0.733. The quantitative estimate of drug-likeness (QED) is 0.0361. The third kappa shape index (κ3) is 108. The second-order valence-corrected chi connectivity index (χ2v) is 41.6. The van der Waals surface area contributed by atoms with Crippen molar-refractivity contribution in [3.05, 3.63) is 0 Å². The fourth-order valence-electron chi connectivity index (χ4n) is 15.5. The number of rotatable bonds is 50. The third-order valence-corrected chi connectivity index (χ3v) is 23.3. The van der Waals surface area contributed by atoms with E-state index in [-0.39, 0.29) is 0 Å². The molecule has 0 amide bonds. The molecule has 4 saturated heterocycles. The van der Waals surface area contributed by atoms with E-state index in [1.165, 1.54) is 225 Å². The second kappa shape index (κ2) is 98.3. The molecule has 0 bridgehead atoms. The Morgan fingerprint density at radius 2 is 0.669 bits per heavy atom. The van der Waals surface area contributed by atoms with Gasteiger partial charge >= 0.3 is 0 Å². The SMILES string of the molecule is CC(C)OC1CCCCC1.CC(C)OCCC1CCCC1.CC(C)OCCC1CCNC1.CC(C)OCCCCN(C)C.CC(C)OCCCN(C)C.CC(C)OCCCN1CCOCC1.CC(C)OC[C@@H]1CCNC1.CC(C)OC[C@H]1CCNC1.CCC1CCC(COC(C)C)CC1.CCCCCOC(C)C.CNC1CCC(OC(C)C)CC1.CNCCCCOC(C)C. The minimum atomic E-state index is 0.365. The van der Waals surface area contributed by atoms with E-state index in [1.807, 2.05) is 14.1 Å². The zero-order valence-corrected chi connectivity index (χ0v) is 92.9. The minimum absolute atomic E-state index is 0.365. The maximum Gasteiger partial charge on any atom is 0.0594 e. The molecule has 4 heterocycles. The van der Waals surface area contributed by atoms with Crippen LogP contribution in [0.15, 0.2) is 0 Å². The molecule has 0 radical (unpaired) electrons. The molecular weight excluding hydrogens is 1630 g/mol. The van der Waals surface area contributed by atoms with E-state index in [9.17, 15) is 0 Å². The average molecular weight is 1870 g/mol. The summed E-state index contributed by atoms with van der Waals surface area (Å²) in [7, 11) is 12.4. The smallest absolute Gasteiger partial charge is 0.0594 e. The van der Waals surface area contributed by atoms with Crippen LogP contribution < -0.4 is 26.6 Å². The molecule has 5 N–H and O–H groups in total. The Labute approximate surface area is 811 Å². The van der Waals surface area contributed by atoms with Gasteiger partial charge in [0, 0.05) is 91.6 Å². The van der Waals surface area contributed by atoms with Crippen LogP contribution in [0.1, 0.15) is 385 Å². The summed E-state index contributed by atoms with van der Waals surface area (Å²) < 4.78 is 71.3. The van der Waals surface area contributed by atoms with Gasteiger partial charge in [0.1, 0.15) is 0 Å². The Morgan fingerprint density at radius 1 is 0.323 bits per heavy atom. The molecule has 8 rings (SSSR count). The molecule has 0 aromatic carbocycles. The summed E-state index contributed by atoms with van der Waals surface area (Å²) in [5.41, 5.74) is 0. The third-order valence-electron chi connectivity index (χ3n) is 23.3.